The van der Waals surface area contributed by atoms with Gasteiger partial charge in [0.05, 0.1) is 5.36 Å². The van der Waals surface area contributed by atoms with E-state index in [-0.39, 0.29) is 0 Å². The standard InChI is InChI=1S/C26H24N4O/c1-4-30(5-2)18-14-17(3)25-22(15-18)31-23-16-21(28-24-12-8-9-13-27-24)19-10-6-7-11-20(19)26(23)29-25/h6-16H,4-5H2,1-3H3/b28-21-. The van der Waals surface area contributed by atoms with Gasteiger partial charge in [-0.25, -0.2) is 15.0 Å². The van der Waals surface area contributed by atoms with Gasteiger partial charge in [0.25, 0.3) is 0 Å². The normalized spacial score (nSPS) is 12.2. The predicted molar refractivity (Wildman–Crippen MR) is 126 cm³/mol. The first-order chi connectivity index (χ1) is 15.2. The van der Waals surface area contributed by atoms with Crippen LogP contribution in [0.4, 0.5) is 11.5 Å². The predicted octanol–water partition coefficient (Wildman–Crippen LogP) is 5.87. The van der Waals surface area contributed by atoms with E-state index in [2.05, 4.69) is 54.9 Å². The first kappa shape index (κ1) is 19.2. The van der Waals surface area contributed by atoms with E-state index >= 15 is 0 Å². The lowest BCUT2D eigenvalue weighted by Gasteiger charge is -2.22. The Morgan fingerprint density at radius 2 is 1.71 bits per heavy atom. The third-order valence-electron chi connectivity index (χ3n) is 5.67. The Balaban J connectivity index is 1.83. The van der Waals surface area contributed by atoms with Crippen molar-refractivity contribution in [2.45, 2.75) is 20.8 Å². The van der Waals surface area contributed by atoms with Crippen LogP contribution in [-0.2, 0) is 0 Å². The number of hydrogen-bond donors (Lipinski definition) is 0. The molecule has 5 rings (SSSR count). The van der Waals surface area contributed by atoms with Gasteiger partial charge in [-0.3, -0.25) is 0 Å². The summed E-state index contributed by atoms with van der Waals surface area (Å²) in [5.74, 6) is 1.39. The molecule has 2 aliphatic rings. The van der Waals surface area contributed by atoms with E-state index in [1.807, 2.05) is 36.4 Å². The van der Waals surface area contributed by atoms with Crippen molar-refractivity contribution in [3.63, 3.8) is 0 Å². The van der Waals surface area contributed by atoms with Gasteiger partial charge in [-0.2, -0.15) is 0 Å². The Morgan fingerprint density at radius 3 is 2.45 bits per heavy atom. The summed E-state index contributed by atoms with van der Waals surface area (Å²) >= 11 is 0. The maximum atomic E-state index is 6.42. The summed E-state index contributed by atoms with van der Waals surface area (Å²) in [5.41, 5.74) is 4.79. The van der Waals surface area contributed by atoms with Gasteiger partial charge in [0.2, 0.25) is 0 Å². The van der Waals surface area contributed by atoms with Gasteiger partial charge in [0.1, 0.15) is 11.2 Å². The van der Waals surface area contributed by atoms with Crippen molar-refractivity contribution >= 4 is 33.4 Å². The largest absolute Gasteiger partial charge is 0.453 e. The van der Waals surface area contributed by atoms with Gasteiger partial charge in [-0.05, 0) is 44.5 Å². The van der Waals surface area contributed by atoms with Crippen molar-refractivity contribution in [2.24, 2.45) is 4.99 Å². The monoisotopic (exact) mass is 408 g/mol. The minimum Gasteiger partial charge on any atom is -0.453 e. The molecular formula is C26H24N4O. The van der Waals surface area contributed by atoms with Crippen LogP contribution in [0.15, 0.2) is 76.3 Å². The zero-order chi connectivity index (χ0) is 21.4. The van der Waals surface area contributed by atoms with E-state index in [0.29, 0.717) is 5.82 Å². The highest BCUT2D eigenvalue weighted by Gasteiger charge is 2.17. The lowest BCUT2D eigenvalue weighted by Crippen LogP contribution is -2.21. The molecule has 2 heterocycles. The number of nitrogens with zero attached hydrogens (tertiary/aromatic N) is 4. The van der Waals surface area contributed by atoms with Crippen molar-refractivity contribution in [1.82, 2.24) is 9.97 Å². The zero-order valence-corrected chi connectivity index (χ0v) is 18.0. The van der Waals surface area contributed by atoms with Gasteiger partial charge in [-0.15, -0.1) is 0 Å². The fourth-order valence-corrected chi connectivity index (χ4v) is 4.10. The summed E-state index contributed by atoms with van der Waals surface area (Å²) in [6.45, 7) is 8.31. The molecule has 0 fully saturated rings. The topological polar surface area (TPSA) is 54.5 Å². The Kier molecular flexibility index (Phi) is 4.86. The van der Waals surface area contributed by atoms with E-state index in [1.165, 1.54) is 0 Å². The lowest BCUT2D eigenvalue weighted by molar-refractivity contribution is 0.613. The van der Waals surface area contributed by atoms with E-state index < -0.39 is 0 Å². The van der Waals surface area contributed by atoms with Crippen LogP contribution in [0.1, 0.15) is 19.4 Å². The van der Waals surface area contributed by atoms with Crippen molar-refractivity contribution in [1.29, 1.82) is 0 Å². The summed E-state index contributed by atoms with van der Waals surface area (Å²) in [6.07, 6.45) is 1.75. The average molecular weight is 409 g/mol. The molecule has 31 heavy (non-hydrogen) atoms. The molecule has 1 aromatic heterocycles. The van der Waals surface area contributed by atoms with Gasteiger partial charge in [0, 0.05) is 47.9 Å². The molecule has 0 unspecified atom stereocenters. The number of aryl methyl sites for hydroxylation is 1. The molecule has 154 valence electrons. The molecule has 5 heteroatoms. The Hall–Kier alpha value is -3.73. The highest BCUT2D eigenvalue weighted by molar-refractivity contribution is 5.97. The molecule has 1 aliphatic heterocycles. The Morgan fingerprint density at radius 1 is 0.935 bits per heavy atom. The Labute approximate surface area is 181 Å². The van der Waals surface area contributed by atoms with E-state index in [4.69, 9.17) is 14.4 Å². The first-order valence-corrected chi connectivity index (χ1v) is 10.7. The van der Waals surface area contributed by atoms with Crippen LogP contribution in [0.25, 0.3) is 33.3 Å². The molecule has 0 saturated carbocycles. The van der Waals surface area contributed by atoms with Crippen LogP contribution in [0.2, 0.25) is 0 Å². The minimum atomic E-state index is 0.667. The molecule has 0 spiro atoms. The number of hydrogen-bond acceptors (Lipinski definition) is 5. The second-order valence-electron chi connectivity index (χ2n) is 7.58. The summed E-state index contributed by atoms with van der Waals surface area (Å²) in [7, 11) is 0. The highest BCUT2D eigenvalue weighted by atomic mass is 16.3. The summed E-state index contributed by atoms with van der Waals surface area (Å²) in [4.78, 5) is 16.5. The van der Waals surface area contributed by atoms with Gasteiger partial charge >= 0.3 is 0 Å². The van der Waals surface area contributed by atoms with Crippen LogP contribution in [0.3, 0.4) is 0 Å². The van der Waals surface area contributed by atoms with Crippen molar-refractivity contribution in [3.8, 4) is 11.5 Å². The zero-order valence-electron chi connectivity index (χ0n) is 18.0. The van der Waals surface area contributed by atoms with Crippen LogP contribution in [-0.4, -0.2) is 23.1 Å². The van der Waals surface area contributed by atoms with Crippen LogP contribution in [0, 0.1) is 6.92 Å². The molecule has 0 radical (unpaired) electrons. The average Bonchev–Trinajstić information content (AvgIpc) is 2.80. The maximum absolute atomic E-state index is 6.42. The second-order valence-corrected chi connectivity index (χ2v) is 7.58. The molecule has 1 aliphatic carbocycles. The molecule has 3 aromatic rings. The third kappa shape index (κ3) is 3.42. The molecule has 0 bridgehead atoms. The molecule has 0 atom stereocenters. The van der Waals surface area contributed by atoms with Crippen LogP contribution >= 0.6 is 0 Å². The molecule has 0 saturated heterocycles. The second kappa shape index (κ2) is 7.84. The summed E-state index contributed by atoms with van der Waals surface area (Å²) < 4.78 is 6.42. The molecule has 2 aromatic carbocycles. The summed E-state index contributed by atoms with van der Waals surface area (Å²) in [6, 6.07) is 20.2. The number of pyridine rings is 1. The molecule has 5 nitrogen and oxygen atoms in total. The smallest absolute Gasteiger partial charge is 0.155 e. The van der Waals surface area contributed by atoms with Crippen molar-refractivity contribution < 1.29 is 4.42 Å². The van der Waals surface area contributed by atoms with Crippen molar-refractivity contribution in [3.05, 3.63) is 77.8 Å². The van der Waals surface area contributed by atoms with Gasteiger partial charge < -0.3 is 9.32 Å². The molecular weight excluding hydrogens is 384 g/mol. The van der Waals surface area contributed by atoms with E-state index in [9.17, 15) is 0 Å². The number of anilines is 1. The minimum absolute atomic E-state index is 0.667. The number of fused-ring (bicyclic) bond motifs is 4. The van der Waals surface area contributed by atoms with E-state index in [0.717, 1.165) is 63.0 Å². The van der Waals surface area contributed by atoms with E-state index in [1.54, 1.807) is 6.20 Å². The summed E-state index contributed by atoms with van der Waals surface area (Å²) in [5, 5.41) is 2.87. The van der Waals surface area contributed by atoms with Crippen LogP contribution < -0.4 is 10.3 Å². The first-order valence-electron chi connectivity index (χ1n) is 10.7. The molecule has 0 N–H and O–H groups in total. The fraction of sp³-hybridized carbons (Fsp3) is 0.192. The number of benzene rings is 3. The lowest BCUT2D eigenvalue weighted by atomic mass is 10.0. The SMILES string of the molecule is CCN(CC)c1cc(C)c2nc3c4ccccc4/c(=N\c4ccccn4)cc-3oc2c1. The number of rotatable bonds is 4. The van der Waals surface area contributed by atoms with Gasteiger partial charge in [0.15, 0.2) is 17.2 Å². The quantitative estimate of drug-likeness (QED) is 0.276. The molecule has 0 amide bonds. The number of aromatic nitrogens is 2. The van der Waals surface area contributed by atoms with Crippen molar-refractivity contribution in [2.75, 3.05) is 18.0 Å². The fourth-order valence-electron chi connectivity index (χ4n) is 4.10. The van der Waals surface area contributed by atoms with Crippen LogP contribution in [0.5, 0.6) is 0 Å². The highest BCUT2D eigenvalue weighted by Crippen LogP contribution is 2.33. The Bertz CT molecular complexity index is 1420. The third-order valence-corrected chi connectivity index (χ3v) is 5.67. The maximum Gasteiger partial charge on any atom is 0.155 e. The van der Waals surface area contributed by atoms with Gasteiger partial charge in [-0.1, -0.05) is 30.3 Å².